The van der Waals surface area contributed by atoms with Crippen LogP contribution in [0.4, 0.5) is 0 Å². The van der Waals surface area contributed by atoms with Gasteiger partial charge in [0.2, 0.25) is 5.91 Å². The van der Waals surface area contributed by atoms with Crippen molar-refractivity contribution in [1.29, 1.82) is 0 Å². The van der Waals surface area contributed by atoms with Gasteiger partial charge in [-0.3, -0.25) is 4.79 Å². The summed E-state index contributed by atoms with van der Waals surface area (Å²) in [6.07, 6.45) is 6.93. The van der Waals surface area contributed by atoms with E-state index in [2.05, 4.69) is 16.9 Å². The van der Waals surface area contributed by atoms with Crippen molar-refractivity contribution in [1.82, 2.24) is 5.32 Å². The minimum absolute atomic E-state index is 0.0682. The van der Waals surface area contributed by atoms with Crippen LogP contribution >= 0.6 is 0 Å². The lowest BCUT2D eigenvalue weighted by atomic mass is 10.4. The van der Waals surface area contributed by atoms with E-state index in [0.29, 0.717) is 5.82 Å². The molecule has 1 rings (SSSR count). The molecule has 0 aromatic carbocycles. The average Bonchev–Trinajstić information content (AvgIpc) is 2.87. The van der Waals surface area contributed by atoms with Crippen LogP contribution in [0.5, 0.6) is 0 Å². The van der Waals surface area contributed by atoms with E-state index in [1.165, 1.54) is 0 Å². The standard InChI is InChI=1S/C10H14N2O/c1-3-5-9(11-4-2)12-10(13)8-6-7-8/h3-5,8H,1,6-7H2,2H3,(H,12,13)/b9-5+,11-4?. The Labute approximate surface area is 78.2 Å². The van der Waals surface area contributed by atoms with E-state index in [0.717, 1.165) is 12.8 Å². The third-order valence-corrected chi connectivity index (χ3v) is 1.74. The van der Waals surface area contributed by atoms with Gasteiger partial charge in [0.05, 0.1) is 0 Å². The number of allylic oxidation sites excluding steroid dienone is 2. The van der Waals surface area contributed by atoms with Crippen LogP contribution in [0.1, 0.15) is 19.8 Å². The Kier molecular flexibility index (Phi) is 3.43. The number of amides is 1. The summed E-state index contributed by atoms with van der Waals surface area (Å²) < 4.78 is 0. The zero-order valence-electron chi connectivity index (χ0n) is 7.79. The van der Waals surface area contributed by atoms with Gasteiger partial charge in [0.25, 0.3) is 0 Å². The van der Waals surface area contributed by atoms with Gasteiger partial charge >= 0.3 is 0 Å². The summed E-state index contributed by atoms with van der Waals surface area (Å²) in [5.41, 5.74) is 0. The van der Waals surface area contributed by atoms with Crippen molar-refractivity contribution in [2.24, 2.45) is 10.9 Å². The van der Waals surface area contributed by atoms with E-state index in [1.54, 1.807) is 25.3 Å². The first-order chi connectivity index (χ1) is 6.27. The second-order valence-corrected chi connectivity index (χ2v) is 2.94. The van der Waals surface area contributed by atoms with Gasteiger partial charge in [0.15, 0.2) is 0 Å². The highest BCUT2D eigenvalue weighted by Gasteiger charge is 2.29. The number of nitrogens with one attached hydrogen (secondary N) is 1. The molecule has 0 heterocycles. The Balaban J connectivity index is 2.50. The number of aliphatic imine (C=N–C) groups is 1. The SMILES string of the molecule is C=C/C=C(\N=CC)NC(=O)C1CC1. The van der Waals surface area contributed by atoms with Gasteiger partial charge in [0, 0.05) is 12.1 Å². The maximum Gasteiger partial charge on any atom is 0.228 e. The van der Waals surface area contributed by atoms with Crippen LogP contribution in [-0.2, 0) is 4.79 Å². The van der Waals surface area contributed by atoms with Crippen molar-refractivity contribution in [3.05, 3.63) is 24.6 Å². The first kappa shape index (κ1) is 9.71. The topological polar surface area (TPSA) is 41.5 Å². The quantitative estimate of drug-likeness (QED) is 0.516. The molecule has 1 fully saturated rings. The van der Waals surface area contributed by atoms with Crippen molar-refractivity contribution in [2.45, 2.75) is 19.8 Å². The molecule has 0 spiro atoms. The summed E-state index contributed by atoms with van der Waals surface area (Å²) >= 11 is 0. The van der Waals surface area contributed by atoms with E-state index in [4.69, 9.17) is 0 Å². The summed E-state index contributed by atoms with van der Waals surface area (Å²) in [6, 6.07) is 0. The van der Waals surface area contributed by atoms with Crippen LogP contribution in [0, 0.1) is 5.92 Å². The normalized spacial score (nSPS) is 17.5. The molecule has 0 saturated heterocycles. The van der Waals surface area contributed by atoms with Crippen molar-refractivity contribution >= 4 is 12.1 Å². The van der Waals surface area contributed by atoms with Gasteiger partial charge in [-0.15, -0.1) is 0 Å². The molecule has 13 heavy (non-hydrogen) atoms. The Morgan fingerprint density at radius 3 is 2.77 bits per heavy atom. The van der Waals surface area contributed by atoms with Crippen LogP contribution < -0.4 is 5.32 Å². The predicted molar refractivity (Wildman–Crippen MR) is 53.3 cm³/mol. The summed E-state index contributed by atoms with van der Waals surface area (Å²) in [7, 11) is 0. The number of carbonyl (C=O) groups excluding carboxylic acids is 1. The summed E-state index contributed by atoms with van der Waals surface area (Å²) in [4.78, 5) is 15.3. The fourth-order valence-electron chi connectivity index (χ4n) is 0.942. The van der Waals surface area contributed by atoms with E-state index >= 15 is 0 Å². The Hall–Kier alpha value is -1.38. The van der Waals surface area contributed by atoms with Crippen LogP contribution in [0.15, 0.2) is 29.5 Å². The molecule has 1 aliphatic rings. The number of rotatable bonds is 4. The molecule has 1 amide bonds. The maximum absolute atomic E-state index is 11.3. The van der Waals surface area contributed by atoms with Crippen molar-refractivity contribution in [2.75, 3.05) is 0 Å². The molecular weight excluding hydrogens is 164 g/mol. The van der Waals surface area contributed by atoms with Gasteiger partial charge in [-0.1, -0.05) is 12.7 Å². The molecule has 0 aromatic rings. The van der Waals surface area contributed by atoms with E-state index in [1.807, 2.05) is 0 Å². The van der Waals surface area contributed by atoms with Gasteiger partial charge < -0.3 is 5.32 Å². The highest BCUT2D eigenvalue weighted by Crippen LogP contribution is 2.29. The summed E-state index contributed by atoms with van der Waals surface area (Å²) in [5, 5.41) is 2.73. The minimum atomic E-state index is 0.0682. The summed E-state index contributed by atoms with van der Waals surface area (Å²) in [5.74, 6) is 0.841. The third-order valence-electron chi connectivity index (χ3n) is 1.74. The number of hydrogen-bond donors (Lipinski definition) is 1. The molecule has 3 nitrogen and oxygen atoms in total. The molecule has 70 valence electrons. The number of carbonyl (C=O) groups is 1. The second kappa shape index (κ2) is 4.60. The molecule has 1 saturated carbocycles. The summed E-state index contributed by atoms with van der Waals surface area (Å²) in [6.45, 7) is 5.35. The van der Waals surface area contributed by atoms with Gasteiger partial charge in [-0.25, -0.2) is 4.99 Å². The molecule has 1 N–H and O–H groups in total. The molecule has 0 atom stereocenters. The molecule has 0 radical (unpaired) electrons. The number of hydrogen-bond acceptors (Lipinski definition) is 2. The lowest BCUT2D eigenvalue weighted by molar-refractivity contribution is -0.121. The fourth-order valence-corrected chi connectivity index (χ4v) is 0.942. The average molecular weight is 178 g/mol. The molecule has 1 aliphatic carbocycles. The number of nitrogens with zero attached hydrogens (tertiary/aromatic N) is 1. The van der Waals surface area contributed by atoms with E-state index < -0.39 is 0 Å². The van der Waals surface area contributed by atoms with Crippen molar-refractivity contribution in [3.63, 3.8) is 0 Å². The van der Waals surface area contributed by atoms with E-state index in [9.17, 15) is 4.79 Å². The Morgan fingerprint density at radius 1 is 1.62 bits per heavy atom. The molecule has 0 aromatic heterocycles. The highest BCUT2D eigenvalue weighted by molar-refractivity contribution is 5.82. The highest BCUT2D eigenvalue weighted by atomic mass is 16.2. The zero-order valence-corrected chi connectivity index (χ0v) is 7.79. The van der Waals surface area contributed by atoms with Gasteiger partial charge in [0.1, 0.15) is 5.82 Å². The molecule has 0 unspecified atom stereocenters. The monoisotopic (exact) mass is 178 g/mol. The molecular formula is C10H14N2O. The van der Waals surface area contributed by atoms with Crippen LogP contribution in [0.25, 0.3) is 0 Å². The molecule has 0 bridgehead atoms. The lowest BCUT2D eigenvalue weighted by Gasteiger charge is -2.02. The Bertz CT molecular complexity index is 262. The minimum Gasteiger partial charge on any atom is -0.310 e. The lowest BCUT2D eigenvalue weighted by Crippen LogP contribution is -2.23. The Morgan fingerprint density at radius 2 is 2.31 bits per heavy atom. The fraction of sp³-hybridized carbons (Fsp3) is 0.400. The predicted octanol–water partition coefficient (Wildman–Crippen LogP) is 1.63. The first-order valence-electron chi connectivity index (χ1n) is 4.40. The first-order valence-corrected chi connectivity index (χ1v) is 4.40. The van der Waals surface area contributed by atoms with Gasteiger partial charge in [-0.05, 0) is 25.8 Å². The molecule has 3 heteroatoms. The van der Waals surface area contributed by atoms with Crippen LogP contribution in [0.2, 0.25) is 0 Å². The molecule has 0 aliphatic heterocycles. The van der Waals surface area contributed by atoms with Crippen LogP contribution in [-0.4, -0.2) is 12.1 Å². The third kappa shape index (κ3) is 3.23. The second-order valence-electron chi connectivity index (χ2n) is 2.94. The van der Waals surface area contributed by atoms with E-state index in [-0.39, 0.29) is 11.8 Å². The maximum atomic E-state index is 11.3. The zero-order chi connectivity index (χ0) is 9.68. The van der Waals surface area contributed by atoms with Crippen molar-refractivity contribution in [3.8, 4) is 0 Å². The smallest absolute Gasteiger partial charge is 0.228 e. The van der Waals surface area contributed by atoms with Crippen molar-refractivity contribution < 1.29 is 4.79 Å². The van der Waals surface area contributed by atoms with Crippen LogP contribution in [0.3, 0.4) is 0 Å². The largest absolute Gasteiger partial charge is 0.310 e. The van der Waals surface area contributed by atoms with Gasteiger partial charge in [-0.2, -0.15) is 0 Å².